The minimum absolute atomic E-state index is 0.0177. The molecule has 0 radical (unpaired) electrons. The van der Waals surface area contributed by atoms with Gasteiger partial charge in [-0.15, -0.1) is 0 Å². The number of nitrogens with two attached hydrogens (primary N) is 1. The number of amides is 2. The maximum atomic E-state index is 13.6. The number of likely N-dealkylation sites (tertiary alicyclic amines) is 3. The van der Waals surface area contributed by atoms with E-state index in [1.165, 1.54) is 25.0 Å². The van der Waals surface area contributed by atoms with Crippen molar-refractivity contribution in [2.75, 3.05) is 13.1 Å². The lowest BCUT2D eigenvalue weighted by Crippen LogP contribution is -2.57. The molecule has 7 nitrogen and oxygen atoms in total. The fraction of sp³-hybridized carbons (Fsp3) is 0.654. The second-order valence-corrected chi connectivity index (χ2v) is 10.9. The van der Waals surface area contributed by atoms with Crippen LogP contribution in [-0.4, -0.2) is 69.8 Å². The topological polar surface area (TPSA) is 93.7 Å². The van der Waals surface area contributed by atoms with Crippen LogP contribution in [0, 0.1) is 29.0 Å². The van der Waals surface area contributed by atoms with Crippen molar-refractivity contribution >= 4 is 11.8 Å². The average molecular weight is 466 g/mol. The first kappa shape index (κ1) is 22.0. The molecule has 180 valence electrons. The molecule has 8 heteroatoms. The number of halogens is 1. The van der Waals surface area contributed by atoms with E-state index in [9.17, 15) is 19.2 Å². The van der Waals surface area contributed by atoms with Crippen LogP contribution in [0.3, 0.4) is 0 Å². The predicted molar refractivity (Wildman–Crippen MR) is 122 cm³/mol. The molecule has 0 aromatic heterocycles. The Morgan fingerprint density at radius 1 is 1.18 bits per heavy atom. The van der Waals surface area contributed by atoms with Gasteiger partial charge in [-0.2, -0.15) is 5.26 Å². The van der Waals surface area contributed by atoms with Crippen LogP contribution < -0.4 is 5.73 Å². The van der Waals surface area contributed by atoms with E-state index in [0.29, 0.717) is 24.9 Å². The quantitative estimate of drug-likeness (QED) is 0.695. The summed E-state index contributed by atoms with van der Waals surface area (Å²) in [6.07, 6.45) is 7.00. The number of piperazine rings is 1. The highest BCUT2D eigenvalue weighted by Gasteiger charge is 2.56. The fourth-order valence-corrected chi connectivity index (χ4v) is 7.26. The largest absolute Gasteiger partial charge is 0.330 e. The summed E-state index contributed by atoms with van der Waals surface area (Å²) in [6.45, 7) is 1.05. The van der Waals surface area contributed by atoms with Gasteiger partial charge < -0.3 is 15.5 Å². The molecule has 3 heterocycles. The third-order valence-electron chi connectivity index (χ3n) is 8.93. The van der Waals surface area contributed by atoms with Gasteiger partial charge in [0.2, 0.25) is 11.8 Å². The van der Waals surface area contributed by atoms with Crippen molar-refractivity contribution in [3.63, 3.8) is 0 Å². The van der Waals surface area contributed by atoms with Crippen molar-refractivity contribution in [1.82, 2.24) is 14.7 Å². The molecule has 2 aliphatic carbocycles. The first-order valence-electron chi connectivity index (χ1n) is 12.8. The molecule has 1 aromatic carbocycles. The summed E-state index contributed by atoms with van der Waals surface area (Å²) >= 11 is 0. The highest BCUT2D eigenvalue weighted by molar-refractivity contribution is 5.87. The van der Waals surface area contributed by atoms with Gasteiger partial charge >= 0.3 is 0 Å². The molecule has 7 atom stereocenters. The number of nitriles is 1. The van der Waals surface area contributed by atoms with Crippen LogP contribution in [0.15, 0.2) is 24.3 Å². The van der Waals surface area contributed by atoms with Crippen LogP contribution in [0.25, 0.3) is 0 Å². The second-order valence-electron chi connectivity index (χ2n) is 10.9. The monoisotopic (exact) mass is 465 g/mol. The van der Waals surface area contributed by atoms with Crippen LogP contribution in [0.2, 0.25) is 0 Å². The number of piperidine rings is 1. The van der Waals surface area contributed by atoms with Gasteiger partial charge in [0.25, 0.3) is 0 Å². The molecule has 0 unspecified atom stereocenters. The summed E-state index contributed by atoms with van der Waals surface area (Å²) in [5.41, 5.74) is 7.37. The number of benzene rings is 1. The molecule has 5 fully saturated rings. The third kappa shape index (κ3) is 3.52. The zero-order valence-electron chi connectivity index (χ0n) is 19.4. The van der Waals surface area contributed by atoms with Crippen molar-refractivity contribution in [3.05, 3.63) is 35.6 Å². The highest BCUT2D eigenvalue weighted by Crippen LogP contribution is 2.48. The van der Waals surface area contributed by atoms with Crippen LogP contribution in [-0.2, 0) is 9.59 Å². The second kappa shape index (κ2) is 8.31. The Kier molecular flexibility index (Phi) is 5.38. The first-order chi connectivity index (χ1) is 16.5. The van der Waals surface area contributed by atoms with Crippen LogP contribution in [0.4, 0.5) is 4.39 Å². The number of carbonyl (C=O) groups excluding carboxylic acids is 2. The number of nitrogens with zero attached hydrogens (tertiary/aromatic N) is 4. The van der Waals surface area contributed by atoms with E-state index in [4.69, 9.17) is 5.73 Å². The minimum Gasteiger partial charge on any atom is -0.330 e. The Labute approximate surface area is 199 Å². The maximum Gasteiger partial charge on any atom is 0.242 e. The van der Waals surface area contributed by atoms with Crippen LogP contribution >= 0.6 is 0 Å². The summed E-state index contributed by atoms with van der Waals surface area (Å²) < 4.78 is 13.6. The minimum atomic E-state index is -0.724. The lowest BCUT2D eigenvalue weighted by atomic mass is 9.89. The van der Waals surface area contributed by atoms with Crippen molar-refractivity contribution in [2.45, 2.75) is 81.2 Å². The standard InChI is InChI=1S/C26H32FN5O2/c27-18-7-5-16(6-8-18)24(15-3-1-2-4-15)32-20-11-23(26(32)34)30(13-20)14-21(29)25(33)31-19(12-28)9-17-10-22(17)31/h5-8,15,17,19-24H,1-4,9-11,13-14,29H2/t17-,19+,20+,21+,22+,23+,24-/m1/s1. The first-order valence-corrected chi connectivity index (χ1v) is 12.8. The molecule has 34 heavy (non-hydrogen) atoms. The van der Waals surface area contributed by atoms with Gasteiger partial charge in [0.15, 0.2) is 0 Å². The lowest BCUT2D eigenvalue weighted by Gasteiger charge is -2.42. The zero-order valence-corrected chi connectivity index (χ0v) is 19.4. The smallest absolute Gasteiger partial charge is 0.242 e. The zero-order chi connectivity index (χ0) is 23.6. The Hall–Kier alpha value is -2.50. The normalized spacial score (nSPS) is 34.4. The van der Waals surface area contributed by atoms with Gasteiger partial charge in [-0.1, -0.05) is 25.0 Å². The molecule has 1 aromatic rings. The van der Waals surface area contributed by atoms with Crippen molar-refractivity contribution in [2.24, 2.45) is 17.6 Å². The molecular weight excluding hydrogens is 433 g/mol. The Morgan fingerprint density at radius 3 is 2.59 bits per heavy atom. The molecule has 2 N–H and O–H groups in total. The lowest BCUT2D eigenvalue weighted by molar-refractivity contribution is -0.142. The molecule has 2 amide bonds. The van der Waals surface area contributed by atoms with Gasteiger partial charge in [-0.25, -0.2) is 4.39 Å². The third-order valence-corrected chi connectivity index (χ3v) is 8.93. The van der Waals surface area contributed by atoms with Gasteiger partial charge in [0.05, 0.1) is 24.2 Å². The molecule has 3 aliphatic heterocycles. The van der Waals surface area contributed by atoms with E-state index in [1.54, 1.807) is 4.90 Å². The molecule has 6 rings (SSSR count). The van der Waals surface area contributed by atoms with Crippen molar-refractivity contribution in [3.8, 4) is 6.07 Å². The molecule has 2 saturated carbocycles. The number of carbonyl (C=O) groups is 2. The Bertz CT molecular complexity index is 1020. The number of rotatable bonds is 6. The van der Waals surface area contributed by atoms with E-state index in [-0.39, 0.29) is 47.8 Å². The van der Waals surface area contributed by atoms with Crippen LogP contribution in [0.5, 0.6) is 0 Å². The van der Waals surface area contributed by atoms with Gasteiger partial charge in [-0.3, -0.25) is 14.5 Å². The molecule has 5 aliphatic rings. The van der Waals surface area contributed by atoms with Gasteiger partial charge in [0.1, 0.15) is 11.9 Å². The van der Waals surface area contributed by atoms with E-state index < -0.39 is 6.04 Å². The molecule has 0 spiro atoms. The Balaban J connectivity index is 1.16. The molecular formula is C26H32FN5O2. The maximum absolute atomic E-state index is 13.6. The van der Waals surface area contributed by atoms with E-state index >= 15 is 0 Å². The Morgan fingerprint density at radius 2 is 1.91 bits per heavy atom. The summed E-state index contributed by atoms with van der Waals surface area (Å²) in [7, 11) is 0. The summed E-state index contributed by atoms with van der Waals surface area (Å²) in [4.78, 5) is 32.5. The van der Waals surface area contributed by atoms with Crippen LogP contribution in [0.1, 0.15) is 56.6 Å². The van der Waals surface area contributed by atoms with E-state index in [2.05, 4.69) is 15.9 Å². The summed E-state index contributed by atoms with van der Waals surface area (Å²) in [6, 6.07) is 7.80. The van der Waals surface area contributed by atoms with Gasteiger partial charge in [-0.05, 0) is 61.6 Å². The SMILES string of the molecule is N#C[C@@H]1C[C@@H]2C[C@@H]2N1C(=O)[C@@H](N)CN1C[C@@H]2C[C@H]1C(=O)N2[C@@H](c1ccc(F)cc1)C1CCCC1. The average Bonchev–Trinajstić information content (AvgIpc) is 3.25. The van der Waals surface area contributed by atoms with E-state index in [1.807, 2.05) is 12.1 Å². The van der Waals surface area contributed by atoms with Crippen molar-refractivity contribution in [1.29, 1.82) is 5.26 Å². The van der Waals surface area contributed by atoms with Gasteiger partial charge in [0, 0.05) is 25.2 Å². The number of fused-ring (bicyclic) bond motifs is 3. The van der Waals surface area contributed by atoms with E-state index in [0.717, 1.165) is 37.7 Å². The fourth-order valence-electron chi connectivity index (χ4n) is 7.26. The molecule has 3 saturated heterocycles. The highest BCUT2D eigenvalue weighted by atomic mass is 19.1. The number of hydrogen-bond donors (Lipinski definition) is 1. The number of hydrogen-bond acceptors (Lipinski definition) is 5. The van der Waals surface area contributed by atoms with Crippen molar-refractivity contribution < 1.29 is 14.0 Å². The summed E-state index contributed by atoms with van der Waals surface area (Å²) in [5, 5.41) is 9.42. The molecule has 2 bridgehead atoms. The summed E-state index contributed by atoms with van der Waals surface area (Å²) in [5.74, 6) is 0.546. The predicted octanol–water partition coefficient (Wildman–Crippen LogP) is 2.18.